The first kappa shape index (κ1) is 10.4. The van der Waals surface area contributed by atoms with Crippen molar-refractivity contribution in [2.75, 3.05) is 5.32 Å². The molecule has 0 aliphatic carbocycles. The SMILES string of the molecule is Fc1ccc(NCc2ncc[nH]2)c(I)c1. The van der Waals surface area contributed by atoms with E-state index in [1.165, 1.54) is 12.1 Å². The molecule has 2 aromatic rings. The minimum Gasteiger partial charge on any atom is -0.377 e. The van der Waals surface area contributed by atoms with Crippen LogP contribution in [0.2, 0.25) is 0 Å². The van der Waals surface area contributed by atoms with Crippen LogP contribution in [0.15, 0.2) is 30.6 Å². The van der Waals surface area contributed by atoms with Crippen LogP contribution >= 0.6 is 22.6 Å². The highest BCUT2D eigenvalue weighted by Gasteiger charge is 2.01. The molecule has 1 aromatic carbocycles. The first-order valence-corrected chi connectivity index (χ1v) is 5.51. The average Bonchev–Trinajstić information content (AvgIpc) is 2.69. The van der Waals surface area contributed by atoms with E-state index in [0.29, 0.717) is 6.54 Å². The van der Waals surface area contributed by atoms with E-state index >= 15 is 0 Å². The average molecular weight is 317 g/mol. The van der Waals surface area contributed by atoms with Crippen LogP contribution in [0.25, 0.3) is 0 Å². The molecule has 0 spiro atoms. The number of H-pyrrole nitrogens is 1. The van der Waals surface area contributed by atoms with Crippen LogP contribution in [0.5, 0.6) is 0 Å². The zero-order valence-corrected chi connectivity index (χ0v) is 9.95. The fourth-order valence-corrected chi connectivity index (χ4v) is 1.87. The van der Waals surface area contributed by atoms with Gasteiger partial charge in [0, 0.05) is 21.7 Å². The molecule has 78 valence electrons. The van der Waals surface area contributed by atoms with Crippen molar-refractivity contribution in [2.24, 2.45) is 0 Å². The molecule has 0 atom stereocenters. The lowest BCUT2D eigenvalue weighted by Crippen LogP contribution is -2.02. The van der Waals surface area contributed by atoms with Gasteiger partial charge in [-0.3, -0.25) is 0 Å². The Morgan fingerprint density at radius 1 is 1.47 bits per heavy atom. The number of benzene rings is 1. The fraction of sp³-hybridized carbons (Fsp3) is 0.100. The maximum Gasteiger partial charge on any atom is 0.125 e. The Labute approximate surface area is 100 Å². The minimum atomic E-state index is -0.219. The number of hydrogen-bond donors (Lipinski definition) is 2. The Bertz CT molecular complexity index is 442. The summed E-state index contributed by atoms with van der Waals surface area (Å²) in [7, 11) is 0. The van der Waals surface area contributed by atoms with Gasteiger partial charge in [0.1, 0.15) is 11.6 Å². The summed E-state index contributed by atoms with van der Waals surface area (Å²) in [5, 5.41) is 3.17. The molecule has 2 rings (SSSR count). The maximum absolute atomic E-state index is 12.8. The van der Waals surface area contributed by atoms with Crippen LogP contribution in [0, 0.1) is 9.39 Å². The van der Waals surface area contributed by atoms with E-state index in [2.05, 4.69) is 37.9 Å². The van der Waals surface area contributed by atoms with Gasteiger partial charge < -0.3 is 10.3 Å². The molecule has 1 heterocycles. The summed E-state index contributed by atoms with van der Waals surface area (Å²) in [6.07, 6.45) is 3.47. The topological polar surface area (TPSA) is 40.7 Å². The third kappa shape index (κ3) is 2.68. The van der Waals surface area contributed by atoms with Gasteiger partial charge in [-0.2, -0.15) is 0 Å². The van der Waals surface area contributed by atoms with Gasteiger partial charge in [0.25, 0.3) is 0 Å². The molecule has 0 unspecified atom stereocenters. The number of aromatic amines is 1. The quantitative estimate of drug-likeness (QED) is 0.855. The van der Waals surface area contributed by atoms with Gasteiger partial charge in [-0.05, 0) is 40.8 Å². The molecule has 0 saturated carbocycles. The first-order chi connectivity index (χ1) is 7.25. The van der Waals surface area contributed by atoms with Gasteiger partial charge in [0.2, 0.25) is 0 Å². The van der Waals surface area contributed by atoms with Gasteiger partial charge in [-0.25, -0.2) is 9.37 Å². The molecule has 0 aliphatic rings. The van der Waals surface area contributed by atoms with Gasteiger partial charge in [0.15, 0.2) is 0 Å². The molecule has 0 radical (unpaired) electrons. The van der Waals surface area contributed by atoms with E-state index in [9.17, 15) is 4.39 Å². The standard InChI is InChI=1S/C10H9FIN3/c11-7-1-2-9(8(12)5-7)15-6-10-13-3-4-14-10/h1-5,15H,6H2,(H,13,14). The number of halogens is 2. The third-order valence-electron chi connectivity index (χ3n) is 1.93. The molecule has 0 amide bonds. The van der Waals surface area contributed by atoms with Gasteiger partial charge in [-0.1, -0.05) is 0 Å². The van der Waals surface area contributed by atoms with Crippen molar-refractivity contribution in [3.05, 3.63) is 45.8 Å². The number of rotatable bonds is 3. The Morgan fingerprint density at radius 3 is 3.00 bits per heavy atom. The zero-order chi connectivity index (χ0) is 10.7. The number of imidazole rings is 1. The number of nitrogens with one attached hydrogen (secondary N) is 2. The molecule has 0 saturated heterocycles. The van der Waals surface area contributed by atoms with Gasteiger partial charge >= 0.3 is 0 Å². The van der Waals surface area contributed by atoms with Gasteiger partial charge in [-0.15, -0.1) is 0 Å². The van der Waals surface area contributed by atoms with Crippen LogP contribution in [0.1, 0.15) is 5.82 Å². The van der Waals surface area contributed by atoms with E-state index in [-0.39, 0.29) is 5.82 Å². The lowest BCUT2D eigenvalue weighted by Gasteiger charge is -2.06. The summed E-state index contributed by atoms with van der Waals surface area (Å²) in [5.41, 5.74) is 0.911. The predicted octanol–water partition coefficient (Wildman–Crippen LogP) is 2.77. The lowest BCUT2D eigenvalue weighted by molar-refractivity contribution is 0.627. The highest BCUT2D eigenvalue weighted by molar-refractivity contribution is 14.1. The number of hydrogen-bond acceptors (Lipinski definition) is 2. The summed E-state index contributed by atoms with van der Waals surface area (Å²) in [4.78, 5) is 7.07. The zero-order valence-electron chi connectivity index (χ0n) is 7.80. The predicted molar refractivity (Wildman–Crippen MR) is 65.0 cm³/mol. The van der Waals surface area contributed by atoms with Crippen molar-refractivity contribution < 1.29 is 4.39 Å². The normalized spacial score (nSPS) is 10.3. The maximum atomic E-state index is 12.8. The Kier molecular flexibility index (Phi) is 3.20. The lowest BCUT2D eigenvalue weighted by atomic mass is 10.3. The van der Waals surface area contributed by atoms with Crippen LogP contribution < -0.4 is 5.32 Å². The fourth-order valence-electron chi connectivity index (χ4n) is 1.21. The molecule has 2 N–H and O–H groups in total. The second-order valence-corrected chi connectivity index (χ2v) is 4.18. The Morgan fingerprint density at radius 2 is 2.33 bits per heavy atom. The van der Waals surface area contributed by atoms with E-state index in [1.54, 1.807) is 18.5 Å². The molecule has 3 nitrogen and oxygen atoms in total. The molecular weight excluding hydrogens is 308 g/mol. The second kappa shape index (κ2) is 4.61. The van der Waals surface area contributed by atoms with Crippen LogP contribution in [0.3, 0.4) is 0 Å². The summed E-state index contributed by atoms with van der Waals surface area (Å²) in [6, 6.07) is 4.65. The van der Waals surface area contributed by atoms with Crippen molar-refractivity contribution in [2.45, 2.75) is 6.54 Å². The summed E-state index contributed by atoms with van der Waals surface area (Å²) in [5.74, 6) is 0.637. The molecular formula is C10H9FIN3. The smallest absolute Gasteiger partial charge is 0.125 e. The molecule has 1 aromatic heterocycles. The molecule has 15 heavy (non-hydrogen) atoms. The summed E-state index contributed by atoms with van der Waals surface area (Å²) < 4.78 is 13.7. The monoisotopic (exact) mass is 317 g/mol. The van der Waals surface area contributed by atoms with Crippen molar-refractivity contribution in [1.29, 1.82) is 0 Å². The van der Waals surface area contributed by atoms with E-state index in [1.807, 2.05) is 0 Å². The van der Waals surface area contributed by atoms with E-state index in [0.717, 1.165) is 15.1 Å². The van der Waals surface area contributed by atoms with Gasteiger partial charge in [0.05, 0.1) is 6.54 Å². The largest absolute Gasteiger partial charge is 0.377 e. The van der Waals surface area contributed by atoms with Crippen LogP contribution in [-0.4, -0.2) is 9.97 Å². The summed E-state index contributed by atoms with van der Waals surface area (Å²) in [6.45, 7) is 0.606. The molecule has 5 heteroatoms. The van der Waals surface area contributed by atoms with Crippen molar-refractivity contribution in [3.63, 3.8) is 0 Å². The molecule has 0 bridgehead atoms. The Balaban J connectivity index is 2.05. The number of nitrogens with zero attached hydrogens (tertiary/aromatic N) is 1. The van der Waals surface area contributed by atoms with E-state index in [4.69, 9.17) is 0 Å². The Hall–Kier alpha value is -1.11. The molecule has 0 aliphatic heterocycles. The second-order valence-electron chi connectivity index (χ2n) is 3.01. The van der Waals surface area contributed by atoms with Crippen LogP contribution in [0.4, 0.5) is 10.1 Å². The highest BCUT2D eigenvalue weighted by Crippen LogP contribution is 2.19. The van der Waals surface area contributed by atoms with E-state index < -0.39 is 0 Å². The number of anilines is 1. The van der Waals surface area contributed by atoms with Crippen molar-refractivity contribution in [1.82, 2.24) is 9.97 Å². The number of aromatic nitrogens is 2. The highest BCUT2D eigenvalue weighted by atomic mass is 127. The minimum absolute atomic E-state index is 0.219. The third-order valence-corrected chi connectivity index (χ3v) is 2.82. The van der Waals surface area contributed by atoms with Crippen molar-refractivity contribution >= 4 is 28.3 Å². The molecule has 0 fully saturated rings. The summed E-state index contributed by atoms with van der Waals surface area (Å²) >= 11 is 2.09. The van der Waals surface area contributed by atoms with Crippen LogP contribution in [-0.2, 0) is 6.54 Å². The van der Waals surface area contributed by atoms with Crippen molar-refractivity contribution in [3.8, 4) is 0 Å². The first-order valence-electron chi connectivity index (χ1n) is 4.43.